The lowest BCUT2D eigenvalue weighted by atomic mass is 10.1. The Balaban J connectivity index is 1.71. The van der Waals surface area contributed by atoms with Crippen LogP contribution in [0.25, 0.3) is 11.0 Å². The van der Waals surface area contributed by atoms with Gasteiger partial charge in [-0.05, 0) is 31.7 Å². The van der Waals surface area contributed by atoms with E-state index in [4.69, 9.17) is 0 Å². The fourth-order valence-electron chi connectivity index (χ4n) is 2.40. The highest BCUT2D eigenvalue weighted by Gasteiger charge is 2.14. The molecule has 0 bridgehead atoms. The van der Waals surface area contributed by atoms with E-state index in [2.05, 4.69) is 32.7 Å². The van der Waals surface area contributed by atoms with Crippen LogP contribution >= 0.6 is 0 Å². The van der Waals surface area contributed by atoms with Crippen molar-refractivity contribution in [3.8, 4) is 0 Å². The lowest BCUT2D eigenvalue weighted by molar-refractivity contribution is -0.116. The third kappa shape index (κ3) is 2.50. The second kappa shape index (κ2) is 4.84. The van der Waals surface area contributed by atoms with Crippen molar-refractivity contribution >= 4 is 22.6 Å². The smallest absolute Gasteiger partial charge is 0.225 e. The number of hydrogen-bond acceptors (Lipinski definition) is 3. The first-order chi connectivity index (χ1) is 9.22. The molecule has 1 atom stereocenters. The van der Waals surface area contributed by atoms with Gasteiger partial charge in [0.25, 0.3) is 0 Å². The number of anilines is 1. The number of rotatable bonds is 3. The van der Waals surface area contributed by atoms with Crippen LogP contribution in [0.15, 0.2) is 24.4 Å². The number of carbonyl (C=O) groups excluding carboxylic acids is 1. The van der Waals surface area contributed by atoms with Gasteiger partial charge in [-0.25, -0.2) is 4.98 Å². The van der Waals surface area contributed by atoms with E-state index < -0.39 is 0 Å². The number of aryl methyl sites for hydroxylation is 1. The van der Waals surface area contributed by atoms with E-state index in [9.17, 15) is 4.79 Å². The molecule has 2 N–H and O–H groups in total. The summed E-state index contributed by atoms with van der Waals surface area (Å²) in [5.41, 5.74) is 2.36. The van der Waals surface area contributed by atoms with Gasteiger partial charge in [0, 0.05) is 17.5 Å². The van der Waals surface area contributed by atoms with Gasteiger partial charge < -0.3 is 5.32 Å². The van der Waals surface area contributed by atoms with Crippen molar-refractivity contribution < 1.29 is 4.79 Å². The van der Waals surface area contributed by atoms with Crippen LogP contribution in [0.5, 0.6) is 0 Å². The van der Waals surface area contributed by atoms with Crippen molar-refractivity contribution in [1.29, 1.82) is 0 Å². The highest BCUT2D eigenvalue weighted by Crippen LogP contribution is 2.22. The monoisotopic (exact) mass is 256 g/mol. The molecule has 98 valence electrons. The van der Waals surface area contributed by atoms with Crippen molar-refractivity contribution in [1.82, 2.24) is 15.2 Å². The molecule has 0 saturated heterocycles. The Morgan fingerprint density at radius 2 is 2.47 bits per heavy atom. The quantitative estimate of drug-likeness (QED) is 0.829. The first kappa shape index (κ1) is 11.9. The van der Waals surface area contributed by atoms with Gasteiger partial charge >= 0.3 is 0 Å². The summed E-state index contributed by atoms with van der Waals surface area (Å²) in [4.78, 5) is 16.1. The third-order valence-corrected chi connectivity index (χ3v) is 3.44. The van der Waals surface area contributed by atoms with Crippen LogP contribution in [0.3, 0.4) is 0 Å². The summed E-state index contributed by atoms with van der Waals surface area (Å²) in [6, 6.07) is 1.91. The molecule has 5 nitrogen and oxygen atoms in total. The Kier molecular flexibility index (Phi) is 3.03. The number of H-pyrrole nitrogens is 1. The van der Waals surface area contributed by atoms with Crippen LogP contribution in [-0.2, 0) is 4.79 Å². The molecular formula is C14H16N4O. The van der Waals surface area contributed by atoms with E-state index in [-0.39, 0.29) is 5.91 Å². The van der Waals surface area contributed by atoms with Crippen LogP contribution in [0, 0.1) is 12.8 Å². The normalized spacial score (nSPS) is 18.1. The molecule has 0 spiro atoms. The summed E-state index contributed by atoms with van der Waals surface area (Å²) < 4.78 is 0. The molecule has 2 heterocycles. The lowest BCUT2D eigenvalue weighted by Crippen LogP contribution is -2.14. The maximum absolute atomic E-state index is 11.9. The predicted octanol–water partition coefficient (Wildman–Crippen LogP) is 2.56. The van der Waals surface area contributed by atoms with Gasteiger partial charge in [-0.2, -0.15) is 5.10 Å². The fraction of sp³-hybridized carbons (Fsp3) is 0.357. The molecule has 0 radical (unpaired) electrons. The summed E-state index contributed by atoms with van der Waals surface area (Å²) >= 11 is 0. The third-order valence-electron chi connectivity index (χ3n) is 3.44. The van der Waals surface area contributed by atoms with Gasteiger partial charge in [-0.15, -0.1) is 0 Å². The summed E-state index contributed by atoms with van der Waals surface area (Å²) in [7, 11) is 0. The molecule has 2 aromatic heterocycles. The van der Waals surface area contributed by atoms with Gasteiger partial charge in [0.15, 0.2) is 5.65 Å². The van der Waals surface area contributed by atoms with Gasteiger partial charge in [0.05, 0.1) is 11.9 Å². The number of carbonyl (C=O) groups is 1. The number of fused-ring (bicyclic) bond motifs is 1. The summed E-state index contributed by atoms with van der Waals surface area (Å²) in [6.07, 6.45) is 8.61. The number of aromatic amines is 1. The van der Waals surface area contributed by atoms with Gasteiger partial charge in [-0.1, -0.05) is 12.2 Å². The van der Waals surface area contributed by atoms with E-state index in [1.54, 1.807) is 6.20 Å². The zero-order chi connectivity index (χ0) is 13.2. The van der Waals surface area contributed by atoms with Crippen LogP contribution in [-0.4, -0.2) is 21.1 Å². The Morgan fingerprint density at radius 3 is 3.26 bits per heavy atom. The molecule has 0 aromatic carbocycles. The highest BCUT2D eigenvalue weighted by molar-refractivity contribution is 5.93. The molecular weight excluding hydrogens is 240 g/mol. The molecule has 5 heteroatoms. The van der Waals surface area contributed by atoms with Gasteiger partial charge in [-0.3, -0.25) is 9.89 Å². The highest BCUT2D eigenvalue weighted by atomic mass is 16.1. The van der Waals surface area contributed by atoms with Crippen LogP contribution in [0.2, 0.25) is 0 Å². The average molecular weight is 256 g/mol. The standard InChI is InChI=1S/C14H16N4O/c1-9-12-7-11(8-15-14(12)18-17-9)16-13(19)6-10-4-2-3-5-10/h2,4,7-8,10H,3,5-6H2,1H3,(H,16,19)(H,15,17,18). The summed E-state index contributed by atoms with van der Waals surface area (Å²) in [5, 5.41) is 10.8. The molecule has 0 fully saturated rings. The second-order valence-corrected chi connectivity index (χ2v) is 4.96. The molecule has 3 rings (SSSR count). The van der Waals surface area contributed by atoms with E-state index in [0.717, 1.165) is 29.6 Å². The predicted molar refractivity (Wildman–Crippen MR) is 73.7 cm³/mol. The molecule has 1 amide bonds. The minimum Gasteiger partial charge on any atom is -0.325 e. The Labute approximate surface area is 111 Å². The zero-order valence-corrected chi connectivity index (χ0v) is 10.8. The largest absolute Gasteiger partial charge is 0.325 e. The molecule has 19 heavy (non-hydrogen) atoms. The number of nitrogens with zero attached hydrogens (tertiary/aromatic N) is 2. The fourth-order valence-corrected chi connectivity index (χ4v) is 2.40. The number of aromatic nitrogens is 3. The Morgan fingerprint density at radius 1 is 1.58 bits per heavy atom. The van der Waals surface area contributed by atoms with Gasteiger partial charge in [0.2, 0.25) is 5.91 Å². The number of allylic oxidation sites excluding steroid dienone is 2. The molecule has 1 aliphatic rings. The number of hydrogen-bond donors (Lipinski definition) is 2. The van der Waals surface area contributed by atoms with Crippen LogP contribution < -0.4 is 5.32 Å². The van der Waals surface area contributed by atoms with Crippen LogP contribution in [0.4, 0.5) is 5.69 Å². The van der Waals surface area contributed by atoms with Crippen molar-refractivity contribution in [3.05, 3.63) is 30.1 Å². The van der Waals surface area contributed by atoms with Crippen molar-refractivity contribution in [2.75, 3.05) is 5.32 Å². The SMILES string of the molecule is Cc1[nH]nc2ncc(NC(=O)CC3C=CCC3)cc12. The van der Waals surface area contributed by atoms with Crippen LogP contribution in [0.1, 0.15) is 25.0 Å². The first-order valence-electron chi connectivity index (χ1n) is 6.49. The number of amides is 1. The molecule has 0 saturated carbocycles. The summed E-state index contributed by atoms with van der Waals surface area (Å²) in [6.45, 7) is 1.94. The molecule has 0 aliphatic heterocycles. The van der Waals surface area contributed by atoms with Crippen molar-refractivity contribution in [2.24, 2.45) is 5.92 Å². The molecule has 1 unspecified atom stereocenters. The van der Waals surface area contributed by atoms with Crippen molar-refractivity contribution in [3.63, 3.8) is 0 Å². The topological polar surface area (TPSA) is 70.7 Å². The zero-order valence-electron chi connectivity index (χ0n) is 10.8. The van der Waals surface area contributed by atoms with E-state index >= 15 is 0 Å². The maximum Gasteiger partial charge on any atom is 0.225 e. The lowest BCUT2D eigenvalue weighted by Gasteiger charge is -2.08. The van der Waals surface area contributed by atoms with E-state index in [1.807, 2.05) is 13.0 Å². The Bertz CT molecular complexity index is 644. The Hall–Kier alpha value is -2.17. The first-order valence-corrected chi connectivity index (χ1v) is 6.49. The second-order valence-electron chi connectivity index (χ2n) is 4.96. The van der Waals surface area contributed by atoms with Gasteiger partial charge in [0.1, 0.15) is 0 Å². The minimum absolute atomic E-state index is 0.0406. The molecule has 2 aromatic rings. The summed E-state index contributed by atoms with van der Waals surface area (Å²) in [5.74, 6) is 0.422. The van der Waals surface area contributed by atoms with Crippen molar-refractivity contribution in [2.45, 2.75) is 26.2 Å². The number of pyridine rings is 1. The number of nitrogens with one attached hydrogen (secondary N) is 2. The average Bonchev–Trinajstić information content (AvgIpc) is 3.00. The maximum atomic E-state index is 11.9. The molecule has 1 aliphatic carbocycles. The van der Waals surface area contributed by atoms with E-state index in [0.29, 0.717) is 18.0 Å². The van der Waals surface area contributed by atoms with E-state index in [1.165, 1.54) is 0 Å². The minimum atomic E-state index is 0.0406.